The minimum Gasteiger partial charge on any atom is -0.508 e. The van der Waals surface area contributed by atoms with Crippen molar-refractivity contribution in [3.8, 4) is 17.2 Å². The lowest BCUT2D eigenvalue weighted by Crippen LogP contribution is -2.28. The molecule has 0 aliphatic rings. The molecule has 0 aromatic heterocycles. The summed E-state index contributed by atoms with van der Waals surface area (Å²) < 4.78 is 11.7. The Labute approximate surface area is 211 Å². The molecule has 0 amide bonds. The first-order valence-corrected chi connectivity index (χ1v) is 12.1. The number of carbonyl (C=O) groups excluding carboxylic acids is 2. The van der Waals surface area contributed by atoms with Crippen molar-refractivity contribution in [1.29, 1.82) is 0 Å². The lowest BCUT2D eigenvalue weighted by atomic mass is 9.93. The Morgan fingerprint density at radius 3 is 2.00 bits per heavy atom. The van der Waals surface area contributed by atoms with Crippen LogP contribution < -0.4 is 4.74 Å². The normalized spacial score (nSPS) is 10.9. The van der Waals surface area contributed by atoms with Crippen LogP contribution in [0.5, 0.6) is 17.2 Å². The lowest BCUT2D eigenvalue weighted by molar-refractivity contribution is 0.0461. The largest absolute Gasteiger partial charge is 0.508 e. The molecule has 0 aliphatic carbocycles. The summed E-state index contributed by atoms with van der Waals surface area (Å²) in [5.74, 6) is -0.434. The number of phenolic OH excluding ortho intramolecular Hbond substituents is 2. The van der Waals surface area contributed by atoms with Crippen LogP contribution in [0.15, 0.2) is 60.7 Å². The third-order valence-corrected chi connectivity index (χ3v) is 6.12. The van der Waals surface area contributed by atoms with Crippen molar-refractivity contribution in [3.05, 3.63) is 88.5 Å². The predicted molar refractivity (Wildman–Crippen MR) is 138 cm³/mol. The summed E-state index contributed by atoms with van der Waals surface area (Å²) in [4.78, 5) is 27.8. The van der Waals surface area contributed by atoms with Gasteiger partial charge in [0.05, 0.1) is 0 Å². The molecule has 7 nitrogen and oxygen atoms in total. The predicted octanol–water partition coefficient (Wildman–Crippen LogP) is 4.97. The summed E-state index contributed by atoms with van der Waals surface area (Å²) in [5.41, 5.74) is 2.14. The number of para-hydroxylation sites is 2. The molecule has 0 radical (unpaired) electrons. The van der Waals surface area contributed by atoms with Gasteiger partial charge in [0.1, 0.15) is 36.0 Å². The number of carbonyl (C=O) groups is 2. The Hall–Kier alpha value is -3.84. The summed E-state index contributed by atoms with van der Waals surface area (Å²) >= 11 is 0. The minimum atomic E-state index is -0.567. The fourth-order valence-electron chi connectivity index (χ4n) is 3.98. The van der Waals surface area contributed by atoms with Gasteiger partial charge in [-0.05, 0) is 43.8 Å². The van der Waals surface area contributed by atoms with E-state index in [1.807, 2.05) is 13.8 Å². The fraction of sp³-hybridized carbons (Fsp3) is 0.310. The maximum absolute atomic E-state index is 13.2. The van der Waals surface area contributed by atoms with E-state index in [9.17, 15) is 19.8 Å². The molecule has 0 unspecified atom stereocenters. The van der Waals surface area contributed by atoms with E-state index in [0.29, 0.717) is 28.8 Å². The number of hydrogen-bond acceptors (Lipinski definition) is 7. The summed E-state index contributed by atoms with van der Waals surface area (Å²) in [6, 6.07) is 16.7. The number of hydrogen-bond donors (Lipinski definition) is 2. The highest BCUT2D eigenvalue weighted by Gasteiger charge is 2.24. The van der Waals surface area contributed by atoms with Crippen LogP contribution in [-0.4, -0.2) is 53.1 Å². The average molecular weight is 492 g/mol. The molecular weight excluding hydrogens is 458 g/mol. The van der Waals surface area contributed by atoms with E-state index in [0.717, 1.165) is 13.1 Å². The third kappa shape index (κ3) is 6.64. The highest BCUT2D eigenvalue weighted by Crippen LogP contribution is 2.34. The first-order valence-electron chi connectivity index (χ1n) is 12.1. The van der Waals surface area contributed by atoms with E-state index in [2.05, 4.69) is 4.90 Å². The van der Waals surface area contributed by atoms with Gasteiger partial charge in [-0.15, -0.1) is 0 Å². The first-order chi connectivity index (χ1) is 17.3. The van der Waals surface area contributed by atoms with E-state index in [4.69, 9.17) is 9.47 Å². The Balaban J connectivity index is 2.02. The standard InChI is InChI=1S/C29H33NO6/c1-4-30(5-2)16-17-35-29(34)24-15-14-23(20(3)31)25(18-21-10-6-8-12-26(21)32)28(24)36-19-22-11-7-9-13-27(22)33/h6-15,32-33H,4-5,16-19H2,1-3H3. The molecule has 7 heteroatoms. The van der Waals surface area contributed by atoms with Crippen molar-refractivity contribution in [3.63, 3.8) is 0 Å². The van der Waals surface area contributed by atoms with Crippen molar-refractivity contribution in [2.75, 3.05) is 26.2 Å². The van der Waals surface area contributed by atoms with Crippen LogP contribution >= 0.6 is 0 Å². The SMILES string of the molecule is CCN(CC)CCOC(=O)c1ccc(C(C)=O)c(Cc2ccccc2O)c1OCc1ccccc1O. The van der Waals surface area contributed by atoms with Crippen molar-refractivity contribution in [1.82, 2.24) is 4.90 Å². The summed E-state index contributed by atoms with van der Waals surface area (Å²) in [6.45, 7) is 8.01. The summed E-state index contributed by atoms with van der Waals surface area (Å²) in [6.07, 6.45) is 0.165. The van der Waals surface area contributed by atoms with Gasteiger partial charge >= 0.3 is 5.97 Å². The summed E-state index contributed by atoms with van der Waals surface area (Å²) in [5, 5.41) is 20.6. The molecule has 0 bridgehead atoms. The number of aromatic hydroxyl groups is 2. The molecule has 2 N–H and O–H groups in total. The van der Waals surface area contributed by atoms with Gasteiger partial charge in [0, 0.05) is 29.7 Å². The zero-order valence-corrected chi connectivity index (χ0v) is 21.0. The number of phenols is 2. The van der Waals surface area contributed by atoms with Gasteiger partial charge < -0.3 is 24.6 Å². The molecule has 3 aromatic carbocycles. The van der Waals surface area contributed by atoms with E-state index in [1.54, 1.807) is 54.6 Å². The molecule has 0 spiro atoms. The number of ether oxygens (including phenoxy) is 2. The van der Waals surface area contributed by atoms with Crippen LogP contribution in [0.25, 0.3) is 0 Å². The quantitative estimate of drug-likeness (QED) is 0.273. The zero-order valence-electron chi connectivity index (χ0n) is 21.0. The average Bonchev–Trinajstić information content (AvgIpc) is 2.87. The van der Waals surface area contributed by atoms with E-state index in [-0.39, 0.29) is 48.2 Å². The van der Waals surface area contributed by atoms with E-state index in [1.165, 1.54) is 13.0 Å². The fourth-order valence-corrected chi connectivity index (χ4v) is 3.98. The molecule has 36 heavy (non-hydrogen) atoms. The van der Waals surface area contributed by atoms with Crippen LogP contribution in [0.3, 0.4) is 0 Å². The maximum atomic E-state index is 13.2. The van der Waals surface area contributed by atoms with Crippen LogP contribution in [0.2, 0.25) is 0 Å². The lowest BCUT2D eigenvalue weighted by Gasteiger charge is -2.20. The molecule has 0 heterocycles. The first kappa shape index (κ1) is 26.8. The molecule has 190 valence electrons. The molecule has 0 aliphatic heterocycles. The van der Waals surface area contributed by atoms with Crippen molar-refractivity contribution >= 4 is 11.8 Å². The van der Waals surface area contributed by atoms with Crippen molar-refractivity contribution < 1.29 is 29.3 Å². The second-order valence-electron chi connectivity index (χ2n) is 8.41. The topological polar surface area (TPSA) is 96.3 Å². The second kappa shape index (κ2) is 12.7. The van der Waals surface area contributed by atoms with Crippen LogP contribution in [0, 0.1) is 0 Å². The van der Waals surface area contributed by atoms with Gasteiger partial charge in [-0.3, -0.25) is 4.79 Å². The number of benzene rings is 3. The molecular formula is C29H33NO6. The Kier molecular flexibility index (Phi) is 9.47. The molecule has 3 aromatic rings. The zero-order chi connectivity index (χ0) is 26.1. The third-order valence-electron chi connectivity index (χ3n) is 6.12. The number of nitrogens with zero attached hydrogens (tertiary/aromatic N) is 1. The Morgan fingerprint density at radius 1 is 0.833 bits per heavy atom. The van der Waals surface area contributed by atoms with Crippen LogP contribution in [0.4, 0.5) is 0 Å². The number of esters is 1. The minimum absolute atomic E-state index is 0.0263. The summed E-state index contributed by atoms with van der Waals surface area (Å²) in [7, 11) is 0. The van der Waals surface area contributed by atoms with Gasteiger partial charge in [0.15, 0.2) is 5.78 Å². The Morgan fingerprint density at radius 2 is 1.42 bits per heavy atom. The number of Topliss-reactive ketones (excluding diaryl/α,β-unsaturated/α-hetero) is 1. The van der Waals surface area contributed by atoms with E-state index >= 15 is 0 Å². The molecule has 3 rings (SSSR count). The van der Waals surface area contributed by atoms with Crippen LogP contribution in [-0.2, 0) is 17.8 Å². The van der Waals surface area contributed by atoms with E-state index < -0.39 is 5.97 Å². The van der Waals surface area contributed by atoms with Gasteiger partial charge in [-0.1, -0.05) is 56.3 Å². The Bertz CT molecular complexity index is 1200. The van der Waals surface area contributed by atoms with Crippen molar-refractivity contribution in [2.24, 2.45) is 0 Å². The highest BCUT2D eigenvalue weighted by molar-refractivity contribution is 6.00. The van der Waals surface area contributed by atoms with Crippen molar-refractivity contribution in [2.45, 2.75) is 33.8 Å². The van der Waals surface area contributed by atoms with Gasteiger partial charge in [0.25, 0.3) is 0 Å². The van der Waals surface area contributed by atoms with Gasteiger partial charge in [0.2, 0.25) is 0 Å². The number of rotatable bonds is 12. The molecule has 0 saturated carbocycles. The maximum Gasteiger partial charge on any atom is 0.341 e. The molecule has 0 saturated heterocycles. The molecule has 0 fully saturated rings. The van der Waals surface area contributed by atoms with Gasteiger partial charge in [-0.25, -0.2) is 4.79 Å². The number of ketones is 1. The second-order valence-corrected chi connectivity index (χ2v) is 8.41. The van der Waals surface area contributed by atoms with Gasteiger partial charge in [-0.2, -0.15) is 0 Å². The highest BCUT2D eigenvalue weighted by atomic mass is 16.5. The van der Waals surface area contributed by atoms with Crippen LogP contribution in [0.1, 0.15) is 58.2 Å². The molecule has 0 atom stereocenters. The number of likely N-dealkylation sites (N-methyl/N-ethyl adjacent to an activating group) is 1. The smallest absolute Gasteiger partial charge is 0.341 e. The monoisotopic (exact) mass is 491 g/mol.